The summed E-state index contributed by atoms with van der Waals surface area (Å²) in [4.78, 5) is 4.28. The molecule has 24 heavy (non-hydrogen) atoms. The molecule has 4 heterocycles. The minimum Gasteiger partial charge on any atom is -0.378 e. The Balaban J connectivity index is 1.94. The number of para-hydroxylation sites is 1. The molecule has 9 nitrogen and oxygen atoms in total. The molecule has 4 aromatic heterocycles. The van der Waals surface area contributed by atoms with E-state index >= 15 is 0 Å². The molecule has 0 bridgehead atoms. The molecule has 1 aromatic carbocycles. The second-order valence-electron chi connectivity index (χ2n) is 5.37. The van der Waals surface area contributed by atoms with Crippen molar-refractivity contribution < 1.29 is 4.74 Å². The third kappa shape index (κ3) is 1.64. The van der Waals surface area contributed by atoms with Gasteiger partial charge in [-0.3, -0.25) is 4.40 Å². The second kappa shape index (κ2) is 4.83. The van der Waals surface area contributed by atoms with Gasteiger partial charge in [-0.05, 0) is 12.1 Å². The number of imidazole rings is 1. The van der Waals surface area contributed by atoms with Crippen LogP contribution in [-0.4, -0.2) is 46.1 Å². The van der Waals surface area contributed by atoms with Gasteiger partial charge in [-0.2, -0.15) is 4.68 Å². The summed E-state index contributed by atoms with van der Waals surface area (Å²) >= 11 is 0. The minimum absolute atomic E-state index is 0.380. The van der Waals surface area contributed by atoms with Gasteiger partial charge in [0.05, 0.1) is 30.2 Å². The maximum atomic E-state index is 5.20. The topological polar surface area (TPSA) is 87.4 Å². The van der Waals surface area contributed by atoms with Crippen LogP contribution in [0.1, 0.15) is 5.69 Å². The summed E-state index contributed by atoms with van der Waals surface area (Å²) in [5.41, 5.74) is 3.40. The van der Waals surface area contributed by atoms with Crippen LogP contribution in [0.15, 0.2) is 43.0 Å². The standard InChI is InChI=1S/C15H12N8O/c1-24-8-10-6-17-20-23(10)15-19-18-14-11-4-2-3-5-12(11)21-9-16-7-13(21)22(14)15/h2-7,9H,8H2,1H3. The van der Waals surface area contributed by atoms with Gasteiger partial charge >= 0.3 is 0 Å². The number of benzene rings is 1. The molecule has 5 aromatic rings. The Labute approximate surface area is 135 Å². The van der Waals surface area contributed by atoms with Crippen molar-refractivity contribution in [3.05, 3.63) is 48.7 Å². The highest BCUT2D eigenvalue weighted by Gasteiger charge is 2.18. The zero-order valence-corrected chi connectivity index (χ0v) is 12.7. The van der Waals surface area contributed by atoms with Crippen LogP contribution in [0.3, 0.4) is 0 Å². The van der Waals surface area contributed by atoms with Crippen LogP contribution in [0.5, 0.6) is 0 Å². The summed E-state index contributed by atoms with van der Waals surface area (Å²) in [6.07, 6.45) is 5.21. The van der Waals surface area contributed by atoms with E-state index in [-0.39, 0.29) is 0 Å². The number of nitrogens with zero attached hydrogens (tertiary/aromatic N) is 8. The van der Waals surface area contributed by atoms with Gasteiger partial charge in [0.1, 0.15) is 12.0 Å². The molecule has 0 atom stereocenters. The molecule has 0 spiro atoms. The molecule has 118 valence electrons. The Morgan fingerprint density at radius 3 is 2.96 bits per heavy atom. The molecular formula is C15H12N8O. The van der Waals surface area contributed by atoms with Gasteiger partial charge in [0.15, 0.2) is 5.65 Å². The molecule has 9 heteroatoms. The highest BCUT2D eigenvalue weighted by atomic mass is 16.5. The Morgan fingerprint density at radius 2 is 2.04 bits per heavy atom. The first-order valence-electron chi connectivity index (χ1n) is 7.35. The van der Waals surface area contributed by atoms with E-state index in [1.54, 1.807) is 30.5 Å². The SMILES string of the molecule is COCc1cnnn1-c1nnc2c3ccccc3n3cncc3n12. The number of methoxy groups -OCH3 is 1. The molecule has 0 aliphatic carbocycles. The number of ether oxygens (including phenoxy) is 1. The lowest BCUT2D eigenvalue weighted by atomic mass is 10.2. The first-order chi connectivity index (χ1) is 11.9. The lowest BCUT2D eigenvalue weighted by Gasteiger charge is -2.08. The summed E-state index contributed by atoms with van der Waals surface area (Å²) < 4.78 is 10.8. The van der Waals surface area contributed by atoms with Gasteiger partial charge in [0, 0.05) is 12.5 Å². The number of hydrogen-bond acceptors (Lipinski definition) is 6. The number of rotatable bonds is 3. The third-order valence-electron chi connectivity index (χ3n) is 4.00. The lowest BCUT2D eigenvalue weighted by molar-refractivity contribution is 0.179. The Morgan fingerprint density at radius 1 is 1.12 bits per heavy atom. The van der Waals surface area contributed by atoms with Crippen LogP contribution in [0.2, 0.25) is 0 Å². The second-order valence-corrected chi connectivity index (χ2v) is 5.37. The van der Waals surface area contributed by atoms with E-state index in [0.29, 0.717) is 12.6 Å². The minimum atomic E-state index is 0.380. The van der Waals surface area contributed by atoms with E-state index in [4.69, 9.17) is 4.74 Å². The summed E-state index contributed by atoms with van der Waals surface area (Å²) in [6, 6.07) is 8.01. The van der Waals surface area contributed by atoms with Crippen LogP contribution in [0, 0.1) is 0 Å². The first kappa shape index (κ1) is 13.1. The molecule has 0 saturated heterocycles. The molecule has 5 rings (SSSR count). The van der Waals surface area contributed by atoms with E-state index in [1.165, 1.54) is 0 Å². The van der Waals surface area contributed by atoms with Crippen molar-refractivity contribution in [2.24, 2.45) is 0 Å². The fraction of sp³-hybridized carbons (Fsp3) is 0.133. The van der Waals surface area contributed by atoms with E-state index in [0.717, 1.165) is 27.9 Å². The van der Waals surface area contributed by atoms with Crippen molar-refractivity contribution in [1.29, 1.82) is 0 Å². The summed E-state index contributed by atoms with van der Waals surface area (Å²) in [5.74, 6) is 0.547. The molecule has 0 N–H and O–H groups in total. The maximum Gasteiger partial charge on any atom is 0.259 e. The van der Waals surface area contributed by atoms with Gasteiger partial charge in [-0.1, -0.05) is 17.3 Å². The number of fused-ring (bicyclic) bond motifs is 6. The fourth-order valence-corrected chi connectivity index (χ4v) is 2.98. The first-order valence-corrected chi connectivity index (χ1v) is 7.35. The van der Waals surface area contributed by atoms with Crippen molar-refractivity contribution in [1.82, 2.24) is 39.0 Å². The fourth-order valence-electron chi connectivity index (χ4n) is 2.98. The van der Waals surface area contributed by atoms with Gasteiger partial charge < -0.3 is 4.74 Å². The molecule has 0 radical (unpaired) electrons. The molecular weight excluding hydrogens is 308 g/mol. The van der Waals surface area contributed by atoms with Crippen molar-refractivity contribution in [2.75, 3.05) is 7.11 Å². The van der Waals surface area contributed by atoms with Gasteiger partial charge in [-0.25, -0.2) is 9.38 Å². The van der Waals surface area contributed by atoms with Crippen LogP contribution in [0.4, 0.5) is 0 Å². The molecule has 0 fully saturated rings. The lowest BCUT2D eigenvalue weighted by Crippen LogP contribution is -2.09. The summed E-state index contributed by atoms with van der Waals surface area (Å²) in [5, 5.41) is 17.8. The van der Waals surface area contributed by atoms with Crippen molar-refractivity contribution in [2.45, 2.75) is 6.61 Å². The van der Waals surface area contributed by atoms with Crippen LogP contribution < -0.4 is 0 Å². The van der Waals surface area contributed by atoms with Gasteiger partial charge in [0.25, 0.3) is 5.95 Å². The zero-order valence-electron chi connectivity index (χ0n) is 12.7. The van der Waals surface area contributed by atoms with E-state index < -0.39 is 0 Å². The Bertz CT molecular complexity index is 1180. The quantitative estimate of drug-likeness (QED) is 0.497. The van der Waals surface area contributed by atoms with E-state index in [1.807, 2.05) is 33.1 Å². The normalized spacial score (nSPS) is 11.9. The summed E-state index contributed by atoms with van der Waals surface area (Å²) in [7, 11) is 1.63. The zero-order chi connectivity index (χ0) is 16.1. The largest absolute Gasteiger partial charge is 0.378 e. The van der Waals surface area contributed by atoms with Gasteiger partial charge in [0.2, 0.25) is 0 Å². The van der Waals surface area contributed by atoms with E-state index in [2.05, 4.69) is 25.5 Å². The smallest absolute Gasteiger partial charge is 0.259 e. The molecule has 0 aliphatic rings. The Hall–Kier alpha value is -3.33. The van der Waals surface area contributed by atoms with Crippen LogP contribution in [0.25, 0.3) is 28.1 Å². The Kier molecular flexibility index (Phi) is 2.65. The highest BCUT2D eigenvalue weighted by molar-refractivity contribution is 5.94. The molecule has 0 amide bonds. The molecule has 0 aliphatic heterocycles. The molecule has 0 unspecified atom stereocenters. The predicted molar refractivity (Wildman–Crippen MR) is 84.9 cm³/mol. The number of aromatic nitrogens is 8. The maximum absolute atomic E-state index is 5.20. The molecule has 0 saturated carbocycles. The highest BCUT2D eigenvalue weighted by Crippen LogP contribution is 2.24. The van der Waals surface area contributed by atoms with Crippen LogP contribution in [-0.2, 0) is 11.3 Å². The van der Waals surface area contributed by atoms with Crippen molar-refractivity contribution in [3.8, 4) is 5.95 Å². The van der Waals surface area contributed by atoms with Crippen molar-refractivity contribution in [3.63, 3.8) is 0 Å². The van der Waals surface area contributed by atoms with Crippen molar-refractivity contribution >= 4 is 22.2 Å². The van der Waals surface area contributed by atoms with Gasteiger partial charge in [-0.15, -0.1) is 15.3 Å². The summed E-state index contributed by atoms with van der Waals surface area (Å²) in [6.45, 7) is 0.380. The monoisotopic (exact) mass is 320 g/mol. The average Bonchev–Trinajstić information content (AvgIpc) is 3.33. The average molecular weight is 320 g/mol. The predicted octanol–water partition coefficient (Wildman–Crippen LogP) is 1.26. The number of hydrogen-bond donors (Lipinski definition) is 0. The van der Waals surface area contributed by atoms with Crippen LogP contribution >= 0.6 is 0 Å². The van der Waals surface area contributed by atoms with E-state index in [9.17, 15) is 0 Å². The third-order valence-corrected chi connectivity index (χ3v) is 4.00.